The number of carbonyl (C=O) groups is 1. The molecule has 2 rings (SSSR count). The van der Waals surface area contributed by atoms with Crippen LogP contribution in [-0.4, -0.2) is 35.2 Å². The second-order valence-corrected chi connectivity index (χ2v) is 6.12. The van der Waals surface area contributed by atoms with Crippen LogP contribution in [-0.2, 0) is 20.4 Å². The van der Waals surface area contributed by atoms with Crippen LogP contribution in [0.4, 0.5) is 0 Å². The first-order valence-corrected chi connectivity index (χ1v) is 7.14. The normalized spacial score (nSPS) is 11.8. The van der Waals surface area contributed by atoms with Gasteiger partial charge < -0.3 is 10.1 Å². The topological polar surface area (TPSA) is 100 Å². The molecule has 0 radical (unpaired) electrons. The lowest BCUT2D eigenvalue weighted by atomic mass is 10.3. The van der Waals surface area contributed by atoms with Crippen molar-refractivity contribution in [3.63, 3.8) is 0 Å². The molecule has 0 aliphatic carbocycles. The van der Waals surface area contributed by atoms with E-state index in [1.165, 1.54) is 0 Å². The van der Waals surface area contributed by atoms with Gasteiger partial charge >= 0.3 is 5.97 Å². The van der Waals surface area contributed by atoms with Gasteiger partial charge in [-0.2, -0.15) is 0 Å². The smallest absolute Gasteiger partial charge is 0.304 e. The average molecular weight is 268 g/mol. The van der Waals surface area contributed by atoms with Gasteiger partial charge in [-0.25, -0.2) is 13.4 Å². The Morgan fingerprint density at radius 3 is 2.72 bits per heavy atom. The van der Waals surface area contributed by atoms with Gasteiger partial charge in [-0.05, 0) is 12.1 Å². The zero-order valence-electron chi connectivity index (χ0n) is 9.46. The minimum Gasteiger partial charge on any atom is -0.481 e. The number of carboxylic acids is 1. The van der Waals surface area contributed by atoms with Crippen molar-refractivity contribution >= 4 is 26.8 Å². The van der Waals surface area contributed by atoms with E-state index in [9.17, 15) is 13.2 Å². The number of rotatable bonds is 5. The maximum Gasteiger partial charge on any atom is 0.304 e. The molecular weight excluding hydrogens is 256 g/mol. The maximum absolute atomic E-state index is 11.7. The Bertz CT molecular complexity index is 642. The molecule has 1 aromatic heterocycles. The van der Waals surface area contributed by atoms with Gasteiger partial charge in [0.25, 0.3) is 0 Å². The first-order chi connectivity index (χ1) is 8.46. The molecule has 0 saturated carbocycles. The summed E-state index contributed by atoms with van der Waals surface area (Å²) in [5.74, 6) is -1.43. The molecule has 18 heavy (non-hydrogen) atoms. The van der Waals surface area contributed by atoms with E-state index in [1.807, 2.05) is 12.1 Å². The van der Waals surface area contributed by atoms with Gasteiger partial charge in [-0.15, -0.1) is 0 Å². The number of aromatic amines is 1. The first-order valence-electron chi connectivity index (χ1n) is 5.32. The number of H-pyrrole nitrogens is 1. The Labute approximate surface area is 104 Å². The van der Waals surface area contributed by atoms with Crippen LogP contribution in [0.3, 0.4) is 0 Å². The molecular formula is C11H12N2O4S. The molecule has 2 N–H and O–H groups in total. The van der Waals surface area contributed by atoms with Gasteiger partial charge in [-0.1, -0.05) is 12.1 Å². The number of sulfone groups is 1. The van der Waals surface area contributed by atoms with Gasteiger partial charge in [0.05, 0.1) is 23.2 Å². The summed E-state index contributed by atoms with van der Waals surface area (Å²) in [7, 11) is -3.45. The van der Waals surface area contributed by atoms with Crippen LogP contribution < -0.4 is 0 Å². The molecule has 0 unspecified atom stereocenters. The number of imidazole rings is 1. The van der Waals surface area contributed by atoms with Crippen molar-refractivity contribution in [2.24, 2.45) is 0 Å². The minimum absolute atomic E-state index is 0.269. The number of nitrogens with zero attached hydrogens (tertiary/aromatic N) is 1. The van der Waals surface area contributed by atoms with Crippen molar-refractivity contribution in [3.05, 3.63) is 30.1 Å². The van der Waals surface area contributed by atoms with Crippen LogP contribution in [0.1, 0.15) is 12.2 Å². The van der Waals surface area contributed by atoms with Crippen LogP contribution >= 0.6 is 0 Å². The molecule has 0 saturated heterocycles. The Balaban J connectivity index is 2.15. The first kappa shape index (κ1) is 12.6. The molecule has 1 heterocycles. The summed E-state index contributed by atoms with van der Waals surface area (Å²) in [5, 5.41) is 8.47. The molecule has 0 aliphatic heterocycles. The number of para-hydroxylation sites is 2. The third kappa shape index (κ3) is 3.07. The summed E-state index contributed by atoms with van der Waals surface area (Å²) >= 11 is 0. The largest absolute Gasteiger partial charge is 0.481 e. The van der Waals surface area contributed by atoms with E-state index in [0.29, 0.717) is 11.3 Å². The average Bonchev–Trinajstić information content (AvgIpc) is 2.67. The van der Waals surface area contributed by atoms with Gasteiger partial charge in [0.2, 0.25) is 0 Å². The minimum atomic E-state index is -3.45. The molecule has 0 amide bonds. The molecule has 0 fully saturated rings. The highest BCUT2D eigenvalue weighted by Crippen LogP contribution is 2.12. The Kier molecular flexibility index (Phi) is 3.33. The van der Waals surface area contributed by atoms with E-state index >= 15 is 0 Å². The second kappa shape index (κ2) is 4.77. The maximum atomic E-state index is 11.7. The van der Waals surface area contributed by atoms with Gasteiger partial charge in [0, 0.05) is 0 Å². The summed E-state index contributed by atoms with van der Waals surface area (Å²) in [6.07, 6.45) is -0.386. The van der Waals surface area contributed by atoms with E-state index < -0.39 is 15.8 Å². The number of hydrogen-bond donors (Lipinski definition) is 2. The standard InChI is InChI=1S/C11H12N2O4S/c14-11(15)5-6-18(16,17)7-10-12-8-3-1-2-4-9(8)13-10/h1-4H,5-7H2,(H,12,13)(H,14,15). The fourth-order valence-electron chi connectivity index (χ4n) is 1.60. The highest BCUT2D eigenvalue weighted by molar-refractivity contribution is 7.90. The number of aromatic nitrogens is 2. The van der Waals surface area contributed by atoms with E-state index in [0.717, 1.165) is 5.52 Å². The Hall–Kier alpha value is -1.89. The van der Waals surface area contributed by atoms with E-state index in [2.05, 4.69) is 9.97 Å². The molecule has 6 nitrogen and oxygen atoms in total. The third-order valence-corrected chi connectivity index (χ3v) is 3.96. The molecule has 1 aromatic carbocycles. The second-order valence-electron chi connectivity index (χ2n) is 3.94. The quantitative estimate of drug-likeness (QED) is 0.841. The molecule has 2 aromatic rings. The highest BCUT2D eigenvalue weighted by Gasteiger charge is 2.16. The van der Waals surface area contributed by atoms with Crippen LogP contribution in [0.5, 0.6) is 0 Å². The van der Waals surface area contributed by atoms with Crippen LogP contribution in [0.25, 0.3) is 11.0 Å². The summed E-state index contributed by atoms with van der Waals surface area (Å²) in [6, 6.07) is 7.21. The van der Waals surface area contributed by atoms with E-state index in [-0.39, 0.29) is 17.9 Å². The summed E-state index contributed by atoms with van der Waals surface area (Å²) in [4.78, 5) is 17.4. The lowest BCUT2D eigenvalue weighted by Gasteiger charge is -1.99. The number of fused-ring (bicyclic) bond motifs is 1. The van der Waals surface area contributed by atoms with Crippen LogP contribution in [0.2, 0.25) is 0 Å². The van der Waals surface area contributed by atoms with Gasteiger partial charge in [0.1, 0.15) is 11.6 Å². The molecule has 0 atom stereocenters. The third-order valence-electron chi connectivity index (χ3n) is 2.42. The van der Waals surface area contributed by atoms with Crippen molar-refractivity contribution in [2.75, 3.05) is 5.75 Å². The predicted octanol–water partition coefficient (Wildman–Crippen LogP) is 0.952. The zero-order chi connectivity index (χ0) is 13.2. The fourth-order valence-corrected chi connectivity index (χ4v) is 2.78. The van der Waals surface area contributed by atoms with Crippen molar-refractivity contribution < 1.29 is 18.3 Å². The lowest BCUT2D eigenvalue weighted by Crippen LogP contribution is -2.13. The molecule has 0 aliphatic rings. The highest BCUT2D eigenvalue weighted by atomic mass is 32.2. The number of hydrogen-bond acceptors (Lipinski definition) is 4. The fraction of sp³-hybridized carbons (Fsp3) is 0.273. The van der Waals surface area contributed by atoms with Crippen molar-refractivity contribution in [1.29, 1.82) is 0 Å². The Morgan fingerprint density at radius 2 is 2.06 bits per heavy atom. The number of nitrogens with one attached hydrogen (secondary N) is 1. The number of carboxylic acid groups (broad SMARTS) is 1. The summed E-state index contributed by atoms with van der Waals surface area (Å²) in [6.45, 7) is 0. The number of benzene rings is 1. The SMILES string of the molecule is O=C(O)CCS(=O)(=O)Cc1nc2ccccc2[nH]1. The van der Waals surface area contributed by atoms with E-state index in [4.69, 9.17) is 5.11 Å². The Morgan fingerprint density at radius 1 is 1.33 bits per heavy atom. The molecule has 7 heteroatoms. The van der Waals surface area contributed by atoms with Crippen molar-refractivity contribution in [1.82, 2.24) is 9.97 Å². The van der Waals surface area contributed by atoms with Crippen molar-refractivity contribution in [2.45, 2.75) is 12.2 Å². The van der Waals surface area contributed by atoms with Crippen LogP contribution in [0.15, 0.2) is 24.3 Å². The monoisotopic (exact) mass is 268 g/mol. The zero-order valence-corrected chi connectivity index (χ0v) is 10.3. The van der Waals surface area contributed by atoms with E-state index in [1.54, 1.807) is 12.1 Å². The summed E-state index contributed by atoms with van der Waals surface area (Å²) in [5.41, 5.74) is 1.46. The number of aliphatic carboxylic acids is 1. The summed E-state index contributed by atoms with van der Waals surface area (Å²) < 4.78 is 23.3. The molecule has 0 bridgehead atoms. The van der Waals surface area contributed by atoms with Crippen LogP contribution in [0, 0.1) is 0 Å². The lowest BCUT2D eigenvalue weighted by molar-refractivity contribution is -0.136. The van der Waals surface area contributed by atoms with Gasteiger partial charge in [0.15, 0.2) is 9.84 Å². The molecule has 96 valence electrons. The van der Waals surface area contributed by atoms with Gasteiger partial charge in [-0.3, -0.25) is 4.79 Å². The van der Waals surface area contributed by atoms with Crippen molar-refractivity contribution in [3.8, 4) is 0 Å². The molecule has 0 spiro atoms. The predicted molar refractivity (Wildman–Crippen MR) is 65.8 cm³/mol.